The Balaban J connectivity index is 1.59. The molecule has 0 bridgehead atoms. The highest BCUT2D eigenvalue weighted by Gasteiger charge is 2.39. The van der Waals surface area contributed by atoms with Gasteiger partial charge in [-0.1, -0.05) is 24.3 Å². The molecule has 174 valence electrons. The molecule has 1 fully saturated rings. The summed E-state index contributed by atoms with van der Waals surface area (Å²) in [6.45, 7) is 6.52. The highest BCUT2D eigenvalue weighted by atomic mass is 19.1. The maximum absolute atomic E-state index is 13.5. The van der Waals surface area contributed by atoms with E-state index in [0.717, 1.165) is 19.6 Å². The fraction of sp³-hybridized carbons (Fsp3) is 0.360. The normalized spacial score (nSPS) is 17.1. The van der Waals surface area contributed by atoms with Crippen molar-refractivity contribution in [2.24, 2.45) is 0 Å². The van der Waals surface area contributed by atoms with Gasteiger partial charge in [0.05, 0.1) is 31.1 Å². The molecule has 0 aromatic heterocycles. The van der Waals surface area contributed by atoms with Gasteiger partial charge >= 0.3 is 0 Å². The van der Waals surface area contributed by atoms with Crippen LogP contribution in [0.2, 0.25) is 0 Å². The molecule has 7 nitrogen and oxygen atoms in total. The number of halogens is 1. The summed E-state index contributed by atoms with van der Waals surface area (Å²) in [7, 11) is 0. The van der Waals surface area contributed by atoms with Gasteiger partial charge in [0.1, 0.15) is 17.3 Å². The van der Waals surface area contributed by atoms with Crippen LogP contribution in [0.1, 0.15) is 18.9 Å². The van der Waals surface area contributed by atoms with Gasteiger partial charge in [0.15, 0.2) is 0 Å². The summed E-state index contributed by atoms with van der Waals surface area (Å²) in [6, 6.07) is 12.9. The Morgan fingerprint density at radius 2 is 1.73 bits per heavy atom. The summed E-state index contributed by atoms with van der Waals surface area (Å²) in [4.78, 5) is 30.2. The van der Waals surface area contributed by atoms with Crippen molar-refractivity contribution < 1.29 is 23.5 Å². The quantitative estimate of drug-likeness (QED) is 0.589. The van der Waals surface area contributed by atoms with Crippen molar-refractivity contribution in [3.63, 3.8) is 0 Å². The number of nitrogens with one attached hydrogen (secondary N) is 1. The summed E-state index contributed by atoms with van der Waals surface area (Å²) in [5, 5.41) is 3.13. The van der Waals surface area contributed by atoms with Gasteiger partial charge in [-0.3, -0.25) is 19.4 Å². The van der Waals surface area contributed by atoms with Gasteiger partial charge < -0.3 is 14.8 Å². The second-order valence-electron chi connectivity index (χ2n) is 7.88. The second kappa shape index (κ2) is 10.6. The molecular weight excluding hydrogens is 425 g/mol. The Kier molecular flexibility index (Phi) is 7.36. The Morgan fingerprint density at radius 1 is 1.00 bits per heavy atom. The van der Waals surface area contributed by atoms with Crippen LogP contribution in [0.15, 0.2) is 54.2 Å². The van der Waals surface area contributed by atoms with Crippen molar-refractivity contribution in [2.75, 3.05) is 51.3 Å². The number of amides is 2. The largest absolute Gasteiger partial charge is 0.492 e. The Labute approximate surface area is 192 Å². The van der Waals surface area contributed by atoms with Crippen molar-refractivity contribution in [3.05, 3.63) is 65.6 Å². The van der Waals surface area contributed by atoms with Crippen molar-refractivity contribution in [2.45, 2.75) is 13.3 Å². The minimum absolute atomic E-state index is 0.171. The number of carbonyl (C=O) groups is 2. The third kappa shape index (κ3) is 5.23. The molecule has 2 aromatic rings. The van der Waals surface area contributed by atoms with Crippen molar-refractivity contribution in [3.8, 4) is 5.75 Å². The van der Waals surface area contributed by atoms with Crippen LogP contribution in [-0.4, -0.2) is 67.6 Å². The SMILES string of the molecule is CCOc1ccccc1NC1=C(c2ccc(F)cc2)C(=O)N(CCCN2CCOCC2)C1=O. The van der Waals surface area contributed by atoms with E-state index in [9.17, 15) is 14.0 Å². The first kappa shape index (κ1) is 22.9. The number of para-hydroxylation sites is 2. The number of nitrogens with zero attached hydrogens (tertiary/aromatic N) is 2. The third-order valence-electron chi connectivity index (χ3n) is 5.71. The maximum Gasteiger partial charge on any atom is 0.278 e. The van der Waals surface area contributed by atoms with E-state index in [1.165, 1.54) is 29.2 Å². The molecule has 0 saturated carbocycles. The second-order valence-corrected chi connectivity index (χ2v) is 7.88. The molecule has 0 aliphatic carbocycles. The molecule has 2 heterocycles. The third-order valence-corrected chi connectivity index (χ3v) is 5.71. The minimum Gasteiger partial charge on any atom is -0.492 e. The van der Waals surface area contributed by atoms with Crippen LogP contribution in [-0.2, 0) is 14.3 Å². The average molecular weight is 454 g/mol. The lowest BCUT2D eigenvalue weighted by atomic mass is 10.0. The van der Waals surface area contributed by atoms with Crippen LogP contribution in [0.4, 0.5) is 10.1 Å². The lowest BCUT2D eigenvalue weighted by molar-refractivity contribution is -0.136. The van der Waals surface area contributed by atoms with E-state index in [2.05, 4.69) is 10.2 Å². The Bertz CT molecular complexity index is 1030. The zero-order chi connectivity index (χ0) is 23.2. The molecule has 2 aromatic carbocycles. The van der Waals surface area contributed by atoms with Crippen LogP contribution in [0, 0.1) is 5.82 Å². The maximum atomic E-state index is 13.5. The lowest BCUT2D eigenvalue weighted by Crippen LogP contribution is -2.39. The number of rotatable bonds is 9. The van der Waals surface area contributed by atoms with E-state index in [0.29, 0.717) is 49.8 Å². The standard InChI is InChI=1S/C25H28FN3O4/c1-2-33-21-7-4-3-6-20(21)27-23-22(18-8-10-19(26)11-9-18)24(30)29(25(23)31)13-5-12-28-14-16-32-17-15-28/h3-4,6-11,27H,2,5,12-17H2,1H3. The topological polar surface area (TPSA) is 71.1 Å². The first-order valence-electron chi connectivity index (χ1n) is 11.2. The molecule has 2 aliphatic heterocycles. The molecular formula is C25H28FN3O4. The van der Waals surface area contributed by atoms with Crippen molar-refractivity contribution in [1.29, 1.82) is 0 Å². The number of hydrogen-bond donors (Lipinski definition) is 1. The zero-order valence-electron chi connectivity index (χ0n) is 18.7. The first-order valence-corrected chi connectivity index (χ1v) is 11.2. The van der Waals surface area contributed by atoms with Gasteiger partial charge in [0.25, 0.3) is 11.8 Å². The summed E-state index contributed by atoms with van der Waals surface area (Å²) in [5.74, 6) is -0.607. The summed E-state index contributed by atoms with van der Waals surface area (Å²) >= 11 is 0. The van der Waals surface area contributed by atoms with Crippen LogP contribution < -0.4 is 10.1 Å². The number of morpholine rings is 1. The molecule has 0 atom stereocenters. The van der Waals surface area contributed by atoms with Crippen molar-refractivity contribution in [1.82, 2.24) is 9.80 Å². The molecule has 1 N–H and O–H groups in total. The summed E-state index contributed by atoms with van der Waals surface area (Å²) in [6.07, 6.45) is 0.664. The van der Waals surface area contributed by atoms with Crippen LogP contribution in [0.3, 0.4) is 0 Å². The Hall–Kier alpha value is -3.23. The predicted molar refractivity (Wildman–Crippen MR) is 123 cm³/mol. The van der Waals surface area contributed by atoms with Gasteiger partial charge in [-0.2, -0.15) is 0 Å². The molecule has 33 heavy (non-hydrogen) atoms. The van der Waals surface area contributed by atoms with E-state index in [1.807, 2.05) is 19.1 Å². The van der Waals surface area contributed by atoms with Gasteiger partial charge in [0.2, 0.25) is 0 Å². The van der Waals surface area contributed by atoms with E-state index < -0.39 is 11.7 Å². The van der Waals surface area contributed by atoms with Gasteiger partial charge in [0, 0.05) is 26.2 Å². The molecule has 8 heteroatoms. The zero-order valence-corrected chi connectivity index (χ0v) is 18.7. The van der Waals surface area contributed by atoms with Crippen LogP contribution in [0.25, 0.3) is 5.57 Å². The Morgan fingerprint density at radius 3 is 2.45 bits per heavy atom. The molecule has 0 radical (unpaired) electrons. The molecule has 0 unspecified atom stereocenters. The number of benzene rings is 2. The number of anilines is 1. The fourth-order valence-electron chi connectivity index (χ4n) is 4.04. The molecule has 1 saturated heterocycles. The van der Waals surface area contributed by atoms with Gasteiger partial charge in [-0.25, -0.2) is 4.39 Å². The minimum atomic E-state index is -0.408. The van der Waals surface area contributed by atoms with Gasteiger partial charge in [-0.15, -0.1) is 0 Å². The predicted octanol–water partition coefficient (Wildman–Crippen LogP) is 3.14. The summed E-state index contributed by atoms with van der Waals surface area (Å²) < 4.78 is 24.6. The summed E-state index contributed by atoms with van der Waals surface area (Å²) in [5.41, 5.74) is 1.48. The molecule has 0 spiro atoms. The average Bonchev–Trinajstić information content (AvgIpc) is 3.06. The number of imide groups is 1. The number of ether oxygens (including phenoxy) is 2. The first-order chi connectivity index (χ1) is 16.1. The lowest BCUT2D eigenvalue weighted by Gasteiger charge is -2.27. The molecule has 4 rings (SSSR count). The van der Waals surface area contributed by atoms with E-state index in [-0.39, 0.29) is 17.2 Å². The van der Waals surface area contributed by atoms with Crippen molar-refractivity contribution >= 4 is 23.1 Å². The van der Waals surface area contributed by atoms with E-state index in [4.69, 9.17) is 9.47 Å². The number of hydrogen-bond acceptors (Lipinski definition) is 6. The van der Waals surface area contributed by atoms with Crippen LogP contribution >= 0.6 is 0 Å². The monoisotopic (exact) mass is 453 g/mol. The fourth-order valence-corrected chi connectivity index (χ4v) is 4.04. The smallest absolute Gasteiger partial charge is 0.278 e. The molecule has 2 aliphatic rings. The highest BCUT2D eigenvalue weighted by Crippen LogP contribution is 2.33. The van der Waals surface area contributed by atoms with E-state index in [1.54, 1.807) is 12.1 Å². The van der Waals surface area contributed by atoms with Crippen LogP contribution in [0.5, 0.6) is 5.75 Å². The van der Waals surface area contributed by atoms with Gasteiger partial charge in [-0.05, 0) is 43.2 Å². The van der Waals surface area contributed by atoms with E-state index >= 15 is 0 Å². The number of carbonyl (C=O) groups excluding carboxylic acids is 2. The highest BCUT2D eigenvalue weighted by molar-refractivity contribution is 6.36. The molecule has 2 amide bonds.